The molecule has 2 heterocycles. The number of aromatic nitrogens is 2. The molecule has 0 radical (unpaired) electrons. The van der Waals surface area contributed by atoms with Crippen molar-refractivity contribution in [1.29, 1.82) is 0 Å². The van der Waals surface area contributed by atoms with Gasteiger partial charge in [0.2, 0.25) is 0 Å². The third kappa shape index (κ3) is 4.15. The van der Waals surface area contributed by atoms with Crippen LogP contribution in [0.2, 0.25) is 5.02 Å². The second-order valence-electron chi connectivity index (χ2n) is 6.94. The Labute approximate surface area is 180 Å². The van der Waals surface area contributed by atoms with Gasteiger partial charge in [0.1, 0.15) is 12.0 Å². The van der Waals surface area contributed by atoms with Gasteiger partial charge < -0.3 is 4.52 Å². The highest BCUT2D eigenvalue weighted by Crippen LogP contribution is 2.39. The molecule has 160 valence electrons. The molecule has 4 rings (SSSR count). The first-order chi connectivity index (χ1) is 14.6. The number of pyridine rings is 1. The van der Waals surface area contributed by atoms with Crippen LogP contribution in [0.3, 0.4) is 0 Å². The molecule has 31 heavy (non-hydrogen) atoms. The molecule has 0 aliphatic heterocycles. The van der Waals surface area contributed by atoms with Gasteiger partial charge in [-0.2, -0.15) is 13.2 Å². The van der Waals surface area contributed by atoms with Crippen molar-refractivity contribution in [3.05, 3.63) is 76.8 Å². The first-order valence-electron chi connectivity index (χ1n) is 8.95. The van der Waals surface area contributed by atoms with E-state index in [-0.39, 0.29) is 16.3 Å². The van der Waals surface area contributed by atoms with E-state index in [1.165, 1.54) is 43.6 Å². The average molecular weight is 467 g/mol. The summed E-state index contributed by atoms with van der Waals surface area (Å²) >= 11 is 5.90. The molecule has 2 aromatic heterocycles. The van der Waals surface area contributed by atoms with E-state index in [1.54, 1.807) is 12.1 Å². The van der Waals surface area contributed by atoms with Gasteiger partial charge in [0, 0.05) is 23.2 Å². The zero-order valence-corrected chi connectivity index (χ0v) is 17.5. The van der Waals surface area contributed by atoms with Crippen molar-refractivity contribution >= 4 is 32.2 Å². The Morgan fingerprint density at radius 1 is 1.10 bits per heavy atom. The highest BCUT2D eigenvalue weighted by molar-refractivity contribution is 7.90. The van der Waals surface area contributed by atoms with Crippen LogP contribution < -0.4 is 0 Å². The molecule has 0 aliphatic carbocycles. The van der Waals surface area contributed by atoms with Crippen molar-refractivity contribution in [2.75, 3.05) is 0 Å². The van der Waals surface area contributed by atoms with Crippen molar-refractivity contribution in [3.8, 4) is 11.3 Å². The minimum atomic E-state index is -4.57. The van der Waals surface area contributed by atoms with Crippen LogP contribution >= 0.6 is 11.6 Å². The molecule has 0 atom stereocenters. The van der Waals surface area contributed by atoms with Gasteiger partial charge in [-0.05, 0) is 48.2 Å². The van der Waals surface area contributed by atoms with Gasteiger partial charge in [-0.15, -0.1) is 0 Å². The normalized spacial score (nSPS) is 12.4. The van der Waals surface area contributed by atoms with Crippen LogP contribution in [0.25, 0.3) is 22.0 Å². The first kappa shape index (κ1) is 21.3. The van der Waals surface area contributed by atoms with E-state index in [9.17, 15) is 21.6 Å². The predicted molar refractivity (Wildman–Crippen MR) is 109 cm³/mol. The Kier molecular flexibility index (Phi) is 5.26. The summed E-state index contributed by atoms with van der Waals surface area (Å²) in [6.07, 6.45) is -1.81. The van der Waals surface area contributed by atoms with E-state index >= 15 is 0 Å². The zero-order chi connectivity index (χ0) is 22.4. The molecular weight excluding hydrogens is 453 g/mol. The van der Waals surface area contributed by atoms with Gasteiger partial charge in [0.15, 0.2) is 9.84 Å². The topological polar surface area (TPSA) is 73.1 Å². The second kappa shape index (κ2) is 7.65. The molecule has 2 aromatic carbocycles. The number of hydrogen-bond donors (Lipinski definition) is 0. The third-order valence-corrected chi connectivity index (χ3v) is 6.76. The van der Waals surface area contributed by atoms with E-state index in [4.69, 9.17) is 11.6 Å². The van der Waals surface area contributed by atoms with Gasteiger partial charge in [-0.3, -0.25) is 4.98 Å². The number of sulfone groups is 1. The minimum absolute atomic E-state index is 0.0855. The number of hydrogen-bond acceptors (Lipinski definition) is 5. The molecule has 0 fully saturated rings. The summed E-state index contributed by atoms with van der Waals surface area (Å²) in [7, 11) is -3.68. The number of alkyl halides is 3. The predicted octanol–water partition coefficient (Wildman–Crippen LogP) is 5.84. The Hall–Kier alpha value is -2.91. The highest BCUT2D eigenvalue weighted by atomic mass is 35.5. The lowest BCUT2D eigenvalue weighted by Crippen LogP contribution is -2.07. The minimum Gasteiger partial charge on any atom is -0.364 e. The Balaban J connectivity index is 1.81. The van der Waals surface area contributed by atoms with Gasteiger partial charge in [0.25, 0.3) is 0 Å². The van der Waals surface area contributed by atoms with Crippen LogP contribution in [0.4, 0.5) is 13.2 Å². The van der Waals surface area contributed by atoms with Crippen LogP contribution in [0, 0.1) is 6.92 Å². The SMILES string of the molecule is Cc1cc(C(F)(F)F)c(Cl)cc1-c1nccc2cc(S(=O)(=O)Cc3ccon3)ccc12. The highest BCUT2D eigenvalue weighted by Gasteiger charge is 2.34. The second-order valence-corrected chi connectivity index (χ2v) is 9.33. The van der Waals surface area contributed by atoms with Crippen molar-refractivity contribution < 1.29 is 26.1 Å². The summed E-state index contributed by atoms with van der Waals surface area (Å²) < 4.78 is 69.5. The molecule has 0 bridgehead atoms. The number of nitrogens with zero attached hydrogens (tertiary/aromatic N) is 2. The standard InChI is InChI=1S/C21H14ClF3N2O3S/c1-12-8-18(21(23,24)25)19(22)10-17(12)20-16-3-2-15(9-13(16)4-6-26-20)31(28,29)11-14-5-7-30-27-14/h2-10H,11H2,1H3. The number of benzene rings is 2. The molecule has 0 spiro atoms. The maximum atomic E-state index is 13.1. The summed E-state index contributed by atoms with van der Waals surface area (Å²) in [6, 6.07) is 9.83. The third-order valence-electron chi connectivity index (χ3n) is 4.80. The van der Waals surface area contributed by atoms with Crippen molar-refractivity contribution in [1.82, 2.24) is 10.1 Å². The number of aryl methyl sites for hydroxylation is 1. The Bertz CT molecular complexity index is 1390. The van der Waals surface area contributed by atoms with E-state index in [0.717, 1.165) is 6.07 Å². The monoisotopic (exact) mass is 466 g/mol. The maximum Gasteiger partial charge on any atom is 0.417 e. The van der Waals surface area contributed by atoms with E-state index in [1.807, 2.05) is 0 Å². The molecule has 0 N–H and O–H groups in total. The molecule has 0 saturated carbocycles. The molecular formula is C21H14ClF3N2O3S. The fourth-order valence-electron chi connectivity index (χ4n) is 3.31. The van der Waals surface area contributed by atoms with Gasteiger partial charge in [0.05, 0.1) is 26.9 Å². The van der Waals surface area contributed by atoms with Crippen molar-refractivity contribution in [3.63, 3.8) is 0 Å². The van der Waals surface area contributed by atoms with Crippen LogP contribution in [0.1, 0.15) is 16.8 Å². The molecule has 0 saturated heterocycles. The molecule has 0 aliphatic rings. The quantitative estimate of drug-likeness (QED) is 0.377. The van der Waals surface area contributed by atoms with Crippen LogP contribution in [0.5, 0.6) is 0 Å². The van der Waals surface area contributed by atoms with Gasteiger partial charge in [-0.25, -0.2) is 8.42 Å². The van der Waals surface area contributed by atoms with Crippen LogP contribution in [-0.2, 0) is 21.8 Å². The molecule has 5 nitrogen and oxygen atoms in total. The van der Waals surface area contributed by atoms with Crippen molar-refractivity contribution in [2.45, 2.75) is 23.7 Å². The molecule has 4 aromatic rings. The fourth-order valence-corrected chi connectivity index (χ4v) is 4.87. The number of rotatable bonds is 4. The lowest BCUT2D eigenvalue weighted by molar-refractivity contribution is -0.137. The summed E-state index contributed by atoms with van der Waals surface area (Å²) in [5, 5.41) is 4.35. The van der Waals surface area contributed by atoms with Crippen LogP contribution in [0.15, 0.2) is 64.3 Å². The lowest BCUT2D eigenvalue weighted by Gasteiger charge is -2.14. The van der Waals surface area contributed by atoms with E-state index < -0.39 is 26.6 Å². The Morgan fingerprint density at radius 3 is 2.55 bits per heavy atom. The maximum absolute atomic E-state index is 13.1. The Morgan fingerprint density at radius 2 is 1.87 bits per heavy atom. The summed E-state index contributed by atoms with van der Waals surface area (Å²) in [5.74, 6) is -0.319. The summed E-state index contributed by atoms with van der Waals surface area (Å²) in [5.41, 5.74) is 0.551. The largest absolute Gasteiger partial charge is 0.417 e. The van der Waals surface area contributed by atoms with E-state index in [2.05, 4.69) is 14.7 Å². The average Bonchev–Trinajstić information content (AvgIpc) is 3.20. The molecule has 10 heteroatoms. The van der Waals surface area contributed by atoms with Gasteiger partial charge in [-0.1, -0.05) is 22.8 Å². The first-order valence-corrected chi connectivity index (χ1v) is 11.0. The van der Waals surface area contributed by atoms with Crippen molar-refractivity contribution in [2.24, 2.45) is 0 Å². The smallest absolute Gasteiger partial charge is 0.364 e. The fraction of sp³-hybridized carbons (Fsp3) is 0.143. The number of halogens is 4. The summed E-state index contributed by atoms with van der Waals surface area (Å²) in [6.45, 7) is 1.54. The van der Waals surface area contributed by atoms with E-state index in [0.29, 0.717) is 27.6 Å². The molecule has 0 amide bonds. The zero-order valence-electron chi connectivity index (χ0n) is 15.9. The van der Waals surface area contributed by atoms with Gasteiger partial charge >= 0.3 is 6.18 Å². The molecule has 0 unspecified atom stereocenters. The lowest BCUT2D eigenvalue weighted by atomic mass is 9.98. The number of fused-ring (bicyclic) bond motifs is 1. The van der Waals surface area contributed by atoms with Crippen LogP contribution in [-0.4, -0.2) is 18.6 Å². The summed E-state index contributed by atoms with van der Waals surface area (Å²) in [4.78, 5) is 4.40.